The molecule has 0 saturated carbocycles. The minimum atomic E-state index is -0.254. The van der Waals surface area contributed by atoms with Crippen molar-refractivity contribution in [2.45, 2.75) is 32.4 Å². The zero-order valence-corrected chi connectivity index (χ0v) is 11.7. The molecular formula is C15H21FN2O. The third kappa shape index (κ3) is 2.95. The number of nitrogens with zero attached hydrogens (tertiary/aromatic N) is 1. The van der Waals surface area contributed by atoms with Crippen LogP contribution < -0.4 is 5.32 Å². The molecule has 1 heterocycles. The number of hydrogen-bond acceptors (Lipinski definition) is 2. The predicted octanol–water partition coefficient (Wildman–Crippen LogP) is 2.34. The van der Waals surface area contributed by atoms with Gasteiger partial charge in [-0.2, -0.15) is 0 Å². The highest BCUT2D eigenvalue weighted by atomic mass is 19.1. The van der Waals surface area contributed by atoms with E-state index in [1.165, 1.54) is 12.1 Å². The number of hydrogen-bond donors (Lipinski definition) is 1. The van der Waals surface area contributed by atoms with Crippen LogP contribution in [0, 0.1) is 11.7 Å². The summed E-state index contributed by atoms with van der Waals surface area (Å²) >= 11 is 0. The summed E-state index contributed by atoms with van der Waals surface area (Å²) in [6.45, 7) is 4.96. The van der Waals surface area contributed by atoms with Gasteiger partial charge >= 0.3 is 0 Å². The Morgan fingerprint density at radius 1 is 1.42 bits per heavy atom. The third-order valence-electron chi connectivity index (χ3n) is 4.08. The second kappa shape index (κ2) is 5.70. The Hall–Kier alpha value is -1.42. The average molecular weight is 264 g/mol. The van der Waals surface area contributed by atoms with Crippen LogP contribution in [-0.2, 0) is 4.79 Å². The van der Waals surface area contributed by atoms with Crippen LogP contribution in [0.5, 0.6) is 0 Å². The van der Waals surface area contributed by atoms with Gasteiger partial charge in [0, 0.05) is 7.05 Å². The number of nitrogens with one attached hydrogen (secondary N) is 1. The van der Waals surface area contributed by atoms with Crippen molar-refractivity contribution in [3.8, 4) is 0 Å². The summed E-state index contributed by atoms with van der Waals surface area (Å²) < 4.78 is 12.9. The molecule has 2 rings (SSSR count). The second-order valence-corrected chi connectivity index (χ2v) is 5.37. The minimum Gasteiger partial charge on any atom is -0.338 e. The van der Waals surface area contributed by atoms with E-state index in [2.05, 4.69) is 12.2 Å². The van der Waals surface area contributed by atoms with Gasteiger partial charge in [0.05, 0.1) is 12.1 Å². The van der Waals surface area contributed by atoms with Crippen LogP contribution in [0.1, 0.15) is 31.9 Å². The van der Waals surface area contributed by atoms with Crippen LogP contribution in [0.2, 0.25) is 0 Å². The lowest BCUT2D eigenvalue weighted by Crippen LogP contribution is -2.45. The average Bonchev–Trinajstić information content (AvgIpc) is 2.83. The lowest BCUT2D eigenvalue weighted by atomic mass is 10.0. The van der Waals surface area contributed by atoms with Crippen molar-refractivity contribution in [3.05, 3.63) is 35.6 Å². The second-order valence-electron chi connectivity index (χ2n) is 5.37. The van der Waals surface area contributed by atoms with E-state index in [-0.39, 0.29) is 23.8 Å². The highest BCUT2D eigenvalue weighted by Gasteiger charge is 2.32. The van der Waals surface area contributed by atoms with E-state index in [0.29, 0.717) is 5.92 Å². The molecule has 4 heteroatoms. The summed E-state index contributed by atoms with van der Waals surface area (Å²) in [6, 6.07) is 6.18. The highest BCUT2D eigenvalue weighted by Crippen LogP contribution is 2.23. The molecular weight excluding hydrogens is 243 g/mol. The molecule has 3 unspecified atom stereocenters. The van der Waals surface area contributed by atoms with Crippen LogP contribution in [-0.4, -0.2) is 30.4 Å². The first-order valence-electron chi connectivity index (χ1n) is 6.76. The first kappa shape index (κ1) is 14.0. The molecule has 1 fully saturated rings. The molecule has 1 saturated heterocycles. The monoisotopic (exact) mass is 264 g/mol. The Balaban J connectivity index is 2.08. The molecule has 0 radical (unpaired) electrons. The van der Waals surface area contributed by atoms with Crippen molar-refractivity contribution in [2.24, 2.45) is 5.92 Å². The molecule has 1 amide bonds. The van der Waals surface area contributed by atoms with Crippen molar-refractivity contribution in [2.75, 3.05) is 13.6 Å². The molecule has 1 aromatic rings. The van der Waals surface area contributed by atoms with Crippen LogP contribution >= 0.6 is 0 Å². The first-order valence-corrected chi connectivity index (χ1v) is 6.76. The van der Waals surface area contributed by atoms with Gasteiger partial charge in [-0.25, -0.2) is 4.39 Å². The maximum Gasteiger partial charge on any atom is 0.240 e. The standard InChI is InChI=1S/C15H21FN2O/c1-10-8-9-17-14(10)15(19)18(3)11(2)12-4-6-13(16)7-5-12/h4-7,10-11,14,17H,8-9H2,1-3H3. The number of rotatable bonds is 3. The fraction of sp³-hybridized carbons (Fsp3) is 0.533. The van der Waals surface area contributed by atoms with Crippen LogP contribution in [0.15, 0.2) is 24.3 Å². The van der Waals surface area contributed by atoms with Crippen molar-refractivity contribution in [1.82, 2.24) is 10.2 Å². The van der Waals surface area contributed by atoms with Gasteiger partial charge in [-0.05, 0) is 43.5 Å². The van der Waals surface area contributed by atoms with E-state index in [0.717, 1.165) is 18.5 Å². The minimum absolute atomic E-state index is 0.0531. The fourth-order valence-corrected chi connectivity index (χ4v) is 2.54. The molecule has 104 valence electrons. The Labute approximate surface area is 113 Å². The van der Waals surface area contributed by atoms with Gasteiger partial charge in [0.2, 0.25) is 5.91 Å². The van der Waals surface area contributed by atoms with Gasteiger partial charge in [-0.1, -0.05) is 19.1 Å². The van der Waals surface area contributed by atoms with Crippen molar-refractivity contribution < 1.29 is 9.18 Å². The number of halogens is 1. The van der Waals surface area contributed by atoms with Crippen molar-refractivity contribution in [1.29, 1.82) is 0 Å². The normalized spacial score (nSPS) is 24.2. The lowest BCUT2D eigenvalue weighted by molar-refractivity contribution is -0.134. The largest absolute Gasteiger partial charge is 0.338 e. The molecule has 0 aromatic heterocycles. The smallest absolute Gasteiger partial charge is 0.240 e. The summed E-state index contributed by atoms with van der Waals surface area (Å²) in [5, 5.41) is 3.25. The van der Waals surface area contributed by atoms with Crippen molar-refractivity contribution in [3.63, 3.8) is 0 Å². The summed E-state index contributed by atoms with van der Waals surface area (Å²) in [5.74, 6) is 0.230. The zero-order valence-electron chi connectivity index (χ0n) is 11.7. The molecule has 3 nitrogen and oxygen atoms in total. The molecule has 3 atom stereocenters. The Morgan fingerprint density at radius 2 is 2.05 bits per heavy atom. The third-order valence-corrected chi connectivity index (χ3v) is 4.08. The SMILES string of the molecule is CC1CCNC1C(=O)N(C)C(C)c1ccc(F)cc1. The van der Waals surface area contributed by atoms with E-state index >= 15 is 0 Å². The maximum atomic E-state index is 12.9. The first-order chi connectivity index (χ1) is 9.00. The van der Waals surface area contributed by atoms with E-state index in [9.17, 15) is 9.18 Å². The highest BCUT2D eigenvalue weighted by molar-refractivity contribution is 5.82. The Bertz CT molecular complexity index is 446. The van der Waals surface area contributed by atoms with E-state index in [1.807, 2.05) is 14.0 Å². The van der Waals surface area contributed by atoms with E-state index in [1.54, 1.807) is 17.0 Å². The summed E-state index contributed by atoms with van der Waals surface area (Å²) in [5.41, 5.74) is 0.947. The maximum absolute atomic E-state index is 12.9. The number of carbonyl (C=O) groups excluding carboxylic acids is 1. The topological polar surface area (TPSA) is 32.3 Å². The molecule has 0 aliphatic carbocycles. The van der Waals surface area contributed by atoms with Crippen LogP contribution in [0.25, 0.3) is 0 Å². The number of likely N-dealkylation sites (N-methyl/N-ethyl adjacent to an activating group) is 1. The van der Waals surface area contributed by atoms with Gasteiger partial charge in [0.25, 0.3) is 0 Å². The number of benzene rings is 1. The Morgan fingerprint density at radius 3 is 2.58 bits per heavy atom. The van der Waals surface area contributed by atoms with Gasteiger partial charge in [-0.15, -0.1) is 0 Å². The molecule has 0 bridgehead atoms. The molecule has 1 aliphatic rings. The van der Waals surface area contributed by atoms with E-state index < -0.39 is 0 Å². The summed E-state index contributed by atoms with van der Waals surface area (Å²) in [6.07, 6.45) is 1.04. The van der Waals surface area contributed by atoms with Gasteiger partial charge in [0.15, 0.2) is 0 Å². The predicted molar refractivity (Wildman–Crippen MR) is 73.2 cm³/mol. The van der Waals surface area contributed by atoms with Gasteiger partial charge in [-0.3, -0.25) is 4.79 Å². The molecule has 1 N–H and O–H groups in total. The molecule has 0 spiro atoms. The zero-order chi connectivity index (χ0) is 14.0. The van der Waals surface area contributed by atoms with Gasteiger partial charge in [0.1, 0.15) is 5.82 Å². The van der Waals surface area contributed by atoms with Gasteiger partial charge < -0.3 is 10.2 Å². The molecule has 1 aromatic carbocycles. The van der Waals surface area contributed by atoms with Crippen molar-refractivity contribution >= 4 is 5.91 Å². The quantitative estimate of drug-likeness (QED) is 0.909. The fourth-order valence-electron chi connectivity index (χ4n) is 2.54. The van der Waals surface area contributed by atoms with Crippen LogP contribution in [0.4, 0.5) is 4.39 Å². The molecule has 1 aliphatic heterocycles. The number of carbonyl (C=O) groups is 1. The summed E-state index contributed by atoms with van der Waals surface area (Å²) in [4.78, 5) is 14.2. The van der Waals surface area contributed by atoms with Crippen LogP contribution in [0.3, 0.4) is 0 Å². The Kier molecular flexibility index (Phi) is 4.20. The number of amides is 1. The van der Waals surface area contributed by atoms with E-state index in [4.69, 9.17) is 0 Å². The summed E-state index contributed by atoms with van der Waals surface area (Å²) in [7, 11) is 1.81. The lowest BCUT2D eigenvalue weighted by Gasteiger charge is -2.29. The molecule has 19 heavy (non-hydrogen) atoms.